The van der Waals surface area contributed by atoms with Crippen molar-refractivity contribution in [3.63, 3.8) is 0 Å². The number of benzene rings is 1. The number of aromatic nitrogens is 2. The molecule has 1 aromatic carbocycles. The van der Waals surface area contributed by atoms with E-state index >= 15 is 0 Å². The predicted molar refractivity (Wildman–Crippen MR) is 108 cm³/mol. The van der Waals surface area contributed by atoms with E-state index in [1.54, 1.807) is 16.8 Å². The monoisotopic (exact) mass is 374 g/mol. The van der Waals surface area contributed by atoms with Crippen molar-refractivity contribution in [2.24, 2.45) is 0 Å². The Morgan fingerprint density at radius 3 is 2.75 bits per heavy atom. The van der Waals surface area contributed by atoms with E-state index in [9.17, 15) is 9.59 Å². The summed E-state index contributed by atoms with van der Waals surface area (Å²) in [5, 5.41) is 9.42. The molecule has 4 rings (SSSR count). The van der Waals surface area contributed by atoms with Crippen LogP contribution in [0.1, 0.15) is 29.9 Å². The molecule has 3 aromatic rings. The van der Waals surface area contributed by atoms with Gasteiger partial charge in [0.25, 0.3) is 11.1 Å². The molecule has 0 unspecified atom stereocenters. The van der Waals surface area contributed by atoms with Gasteiger partial charge in [-0.3, -0.25) is 9.59 Å². The van der Waals surface area contributed by atoms with Crippen LogP contribution < -0.4 is 11.1 Å². The van der Waals surface area contributed by atoms with E-state index in [2.05, 4.69) is 34.1 Å². The fourth-order valence-corrected chi connectivity index (χ4v) is 4.00. The van der Waals surface area contributed by atoms with E-state index in [-0.39, 0.29) is 11.1 Å². The van der Waals surface area contributed by atoms with Gasteiger partial charge in [0, 0.05) is 25.8 Å². The molecular weight excluding hydrogens is 352 g/mol. The molecule has 0 amide bonds. The average molecular weight is 374 g/mol. The second-order valence-electron chi connectivity index (χ2n) is 7.32. The van der Waals surface area contributed by atoms with E-state index in [1.165, 1.54) is 18.1 Å². The van der Waals surface area contributed by atoms with Crippen molar-refractivity contribution in [2.45, 2.75) is 25.3 Å². The molecule has 0 saturated carbocycles. The molecule has 6 heteroatoms. The summed E-state index contributed by atoms with van der Waals surface area (Å²) in [6.07, 6.45) is 4.06. The fourth-order valence-electron chi connectivity index (χ4n) is 4.00. The Labute approximate surface area is 162 Å². The second kappa shape index (κ2) is 7.83. The molecule has 28 heavy (non-hydrogen) atoms. The Balaban J connectivity index is 1.50. The van der Waals surface area contributed by atoms with Gasteiger partial charge in [-0.05, 0) is 43.0 Å². The van der Waals surface area contributed by atoms with Crippen LogP contribution in [0, 0.1) is 11.3 Å². The zero-order valence-electron chi connectivity index (χ0n) is 15.6. The first-order valence-corrected chi connectivity index (χ1v) is 9.59. The third-order valence-corrected chi connectivity index (χ3v) is 5.54. The van der Waals surface area contributed by atoms with Crippen LogP contribution in [-0.2, 0) is 6.54 Å². The average Bonchev–Trinajstić information content (AvgIpc) is 2.74. The van der Waals surface area contributed by atoms with Crippen molar-refractivity contribution < 1.29 is 0 Å². The molecule has 0 spiro atoms. The third-order valence-electron chi connectivity index (χ3n) is 5.54. The van der Waals surface area contributed by atoms with Gasteiger partial charge in [0.1, 0.15) is 11.6 Å². The minimum atomic E-state index is -0.465. The number of piperidine rings is 1. The standard InChI is InChI=1S/C22H22N4O2/c23-14-18-13-19-20(24-21(18)27)8-10-26(22(19)28)12-11-25-9-4-7-17(15-25)16-5-2-1-3-6-16/h1-3,5-6,8,10,13,17H,4,7,9,11-12,15H2,(H,24,27)/t17-/m0/s1. The Hall–Kier alpha value is -3.17. The maximum Gasteiger partial charge on any atom is 0.266 e. The Morgan fingerprint density at radius 1 is 1.14 bits per heavy atom. The summed E-state index contributed by atoms with van der Waals surface area (Å²) in [5.74, 6) is 0.534. The van der Waals surface area contributed by atoms with Gasteiger partial charge < -0.3 is 14.5 Å². The van der Waals surface area contributed by atoms with Gasteiger partial charge in [0.05, 0.1) is 10.9 Å². The molecule has 1 aliphatic heterocycles. The van der Waals surface area contributed by atoms with Crippen LogP contribution in [0.4, 0.5) is 0 Å². The number of fused-ring (bicyclic) bond motifs is 1. The zero-order chi connectivity index (χ0) is 19.5. The molecule has 142 valence electrons. The highest BCUT2D eigenvalue weighted by Gasteiger charge is 2.21. The zero-order valence-corrected chi connectivity index (χ0v) is 15.6. The summed E-state index contributed by atoms with van der Waals surface area (Å²) in [4.78, 5) is 29.5. The summed E-state index contributed by atoms with van der Waals surface area (Å²) >= 11 is 0. The lowest BCUT2D eigenvalue weighted by Gasteiger charge is -2.33. The minimum Gasteiger partial charge on any atom is -0.321 e. The molecule has 1 fully saturated rings. The predicted octanol–water partition coefficient (Wildman–Crippen LogP) is 2.44. The lowest BCUT2D eigenvalue weighted by Crippen LogP contribution is -2.37. The van der Waals surface area contributed by atoms with Crippen LogP contribution in [0.25, 0.3) is 10.9 Å². The highest BCUT2D eigenvalue weighted by Crippen LogP contribution is 2.26. The van der Waals surface area contributed by atoms with Crippen LogP contribution in [0.15, 0.2) is 58.3 Å². The highest BCUT2D eigenvalue weighted by molar-refractivity contribution is 5.78. The maximum absolute atomic E-state index is 12.8. The van der Waals surface area contributed by atoms with Crippen LogP contribution in [0.2, 0.25) is 0 Å². The van der Waals surface area contributed by atoms with Crippen molar-refractivity contribution in [3.8, 4) is 6.07 Å². The molecule has 1 saturated heterocycles. The van der Waals surface area contributed by atoms with E-state index in [0.717, 1.165) is 26.1 Å². The number of rotatable bonds is 4. The Morgan fingerprint density at radius 2 is 1.96 bits per heavy atom. The summed E-state index contributed by atoms with van der Waals surface area (Å²) in [7, 11) is 0. The van der Waals surface area contributed by atoms with Gasteiger partial charge in [0.15, 0.2) is 0 Å². The summed E-state index contributed by atoms with van der Waals surface area (Å²) in [6.45, 7) is 3.41. The van der Waals surface area contributed by atoms with Gasteiger partial charge in [0.2, 0.25) is 0 Å². The van der Waals surface area contributed by atoms with E-state index in [1.807, 2.05) is 12.1 Å². The third kappa shape index (κ3) is 3.62. The first-order valence-electron chi connectivity index (χ1n) is 9.59. The lowest BCUT2D eigenvalue weighted by atomic mass is 9.91. The number of nitrogens with one attached hydrogen (secondary N) is 1. The molecule has 0 bridgehead atoms. The minimum absolute atomic E-state index is 0.0379. The molecule has 0 aliphatic carbocycles. The molecule has 0 radical (unpaired) electrons. The van der Waals surface area contributed by atoms with Crippen molar-refractivity contribution in [2.75, 3.05) is 19.6 Å². The fraction of sp³-hybridized carbons (Fsp3) is 0.318. The SMILES string of the molecule is N#Cc1cc2c(=O)n(CCN3CCC[C@H](c4ccccc4)C3)ccc2[nH]c1=O. The van der Waals surface area contributed by atoms with Crippen molar-refractivity contribution in [1.82, 2.24) is 14.5 Å². The number of nitriles is 1. The number of aromatic amines is 1. The number of pyridine rings is 2. The lowest BCUT2D eigenvalue weighted by molar-refractivity contribution is 0.200. The van der Waals surface area contributed by atoms with Crippen molar-refractivity contribution in [1.29, 1.82) is 5.26 Å². The number of hydrogen-bond donors (Lipinski definition) is 1. The van der Waals surface area contributed by atoms with Gasteiger partial charge in [-0.2, -0.15) is 5.26 Å². The Kier molecular flexibility index (Phi) is 5.09. The number of hydrogen-bond acceptors (Lipinski definition) is 4. The van der Waals surface area contributed by atoms with Gasteiger partial charge in [-0.15, -0.1) is 0 Å². The topological polar surface area (TPSA) is 81.9 Å². The second-order valence-corrected chi connectivity index (χ2v) is 7.32. The largest absolute Gasteiger partial charge is 0.321 e. The van der Waals surface area contributed by atoms with Gasteiger partial charge >= 0.3 is 0 Å². The molecule has 1 aliphatic rings. The van der Waals surface area contributed by atoms with Crippen LogP contribution >= 0.6 is 0 Å². The number of nitrogens with zero attached hydrogens (tertiary/aromatic N) is 3. The Bertz CT molecular complexity index is 1140. The van der Waals surface area contributed by atoms with E-state index in [4.69, 9.17) is 5.26 Å². The molecule has 1 atom stereocenters. The first kappa shape index (κ1) is 18.2. The highest BCUT2D eigenvalue weighted by atomic mass is 16.1. The van der Waals surface area contributed by atoms with E-state index < -0.39 is 5.56 Å². The van der Waals surface area contributed by atoms with Crippen molar-refractivity contribution >= 4 is 10.9 Å². The molecule has 1 N–H and O–H groups in total. The van der Waals surface area contributed by atoms with Gasteiger partial charge in [-0.25, -0.2) is 0 Å². The molecular formula is C22H22N4O2. The molecule has 3 heterocycles. The molecule has 6 nitrogen and oxygen atoms in total. The van der Waals surface area contributed by atoms with Gasteiger partial charge in [-0.1, -0.05) is 30.3 Å². The summed E-state index contributed by atoms with van der Waals surface area (Å²) < 4.78 is 1.66. The maximum atomic E-state index is 12.8. The van der Waals surface area contributed by atoms with Crippen LogP contribution in [0.3, 0.4) is 0 Å². The first-order chi connectivity index (χ1) is 13.7. The van der Waals surface area contributed by atoms with Crippen LogP contribution in [-0.4, -0.2) is 34.1 Å². The van der Waals surface area contributed by atoms with Crippen molar-refractivity contribution in [3.05, 3.63) is 80.5 Å². The molecule has 2 aromatic heterocycles. The number of H-pyrrole nitrogens is 1. The normalized spacial score (nSPS) is 17.5. The number of likely N-dealkylation sites (tertiary alicyclic amines) is 1. The summed E-state index contributed by atoms with van der Waals surface area (Å²) in [5.41, 5.74) is 1.16. The smallest absolute Gasteiger partial charge is 0.266 e. The summed E-state index contributed by atoms with van der Waals surface area (Å²) in [6, 6.07) is 15.5. The van der Waals surface area contributed by atoms with Crippen LogP contribution in [0.5, 0.6) is 0 Å². The van der Waals surface area contributed by atoms with E-state index in [0.29, 0.717) is 23.4 Å². The quantitative estimate of drug-likeness (QED) is 0.760.